The average Bonchev–Trinajstić information content (AvgIpc) is 2.77. The van der Waals surface area contributed by atoms with E-state index in [-0.39, 0.29) is 12.2 Å². The van der Waals surface area contributed by atoms with Crippen LogP contribution >= 0.6 is 11.8 Å². The fourth-order valence-electron chi connectivity index (χ4n) is 1.74. The van der Waals surface area contributed by atoms with Crippen LogP contribution in [0.3, 0.4) is 0 Å². The van der Waals surface area contributed by atoms with Gasteiger partial charge in [-0.15, -0.1) is 5.10 Å². The molecule has 2 heterocycles. The quantitative estimate of drug-likeness (QED) is 0.682. The lowest BCUT2D eigenvalue weighted by atomic mass is 10.4. The molecule has 2 aromatic heterocycles. The van der Waals surface area contributed by atoms with Crippen LogP contribution in [-0.2, 0) is 6.54 Å². The third-order valence-corrected chi connectivity index (χ3v) is 3.58. The van der Waals surface area contributed by atoms with Gasteiger partial charge in [-0.2, -0.15) is 9.94 Å². The van der Waals surface area contributed by atoms with Crippen molar-refractivity contribution < 1.29 is 0 Å². The summed E-state index contributed by atoms with van der Waals surface area (Å²) in [5.41, 5.74) is 0.129. The minimum absolute atomic E-state index is 0.0678. The molecule has 0 radical (unpaired) electrons. The van der Waals surface area contributed by atoms with Crippen molar-refractivity contribution in [3.05, 3.63) is 53.2 Å². The molecule has 6 nitrogen and oxygen atoms in total. The average molecular weight is 283 g/mol. The van der Waals surface area contributed by atoms with Gasteiger partial charge < -0.3 is 0 Å². The van der Waals surface area contributed by atoms with E-state index in [0.29, 0.717) is 5.65 Å². The first kappa shape index (κ1) is 12.4. The zero-order valence-electron chi connectivity index (χ0n) is 10.3. The summed E-state index contributed by atoms with van der Waals surface area (Å²) in [6, 6.07) is 13.4. The van der Waals surface area contributed by atoms with Crippen molar-refractivity contribution in [3.63, 3.8) is 0 Å². The van der Waals surface area contributed by atoms with Crippen molar-refractivity contribution in [1.82, 2.24) is 19.2 Å². The topological polar surface area (TPSA) is 76.0 Å². The molecule has 0 fully saturated rings. The van der Waals surface area contributed by atoms with Crippen LogP contribution in [0, 0.1) is 11.3 Å². The number of fused-ring (bicyclic) bond motifs is 1. The van der Waals surface area contributed by atoms with Gasteiger partial charge in [0.25, 0.3) is 0 Å². The van der Waals surface area contributed by atoms with Gasteiger partial charge in [0.2, 0.25) is 0 Å². The monoisotopic (exact) mass is 283 g/mol. The number of rotatable bonds is 3. The highest BCUT2D eigenvalue weighted by Gasteiger charge is 2.08. The number of hydrogen-bond acceptors (Lipinski definition) is 5. The third-order valence-electron chi connectivity index (χ3n) is 2.64. The fourth-order valence-corrected chi connectivity index (χ4v) is 2.54. The Balaban J connectivity index is 1.99. The summed E-state index contributed by atoms with van der Waals surface area (Å²) in [5.74, 6) is 0. The lowest BCUT2D eigenvalue weighted by molar-refractivity contribution is 0.679. The van der Waals surface area contributed by atoms with Crippen LogP contribution in [0.2, 0.25) is 0 Å². The third kappa shape index (κ3) is 2.29. The molecule has 20 heavy (non-hydrogen) atoms. The van der Waals surface area contributed by atoms with Gasteiger partial charge in [-0.05, 0) is 12.1 Å². The van der Waals surface area contributed by atoms with Crippen LogP contribution < -0.4 is 5.69 Å². The van der Waals surface area contributed by atoms with Crippen molar-refractivity contribution >= 4 is 17.4 Å². The van der Waals surface area contributed by atoms with Crippen LogP contribution in [0.4, 0.5) is 0 Å². The zero-order valence-corrected chi connectivity index (χ0v) is 11.1. The highest BCUT2D eigenvalue weighted by molar-refractivity contribution is 7.99. The smallest absolute Gasteiger partial charge is 0.245 e. The molecule has 98 valence electrons. The van der Waals surface area contributed by atoms with Crippen molar-refractivity contribution in [1.29, 1.82) is 5.26 Å². The maximum Gasteiger partial charge on any atom is 0.352 e. The molecule has 0 bridgehead atoms. The van der Waals surface area contributed by atoms with E-state index in [1.807, 2.05) is 36.4 Å². The Morgan fingerprint density at radius 2 is 2.10 bits per heavy atom. The molecular formula is C13H9N5OS. The molecule has 0 N–H and O–H groups in total. The first-order chi connectivity index (χ1) is 9.78. The molecule has 0 saturated heterocycles. The summed E-state index contributed by atoms with van der Waals surface area (Å²) in [6.45, 7) is -0.0678. The van der Waals surface area contributed by atoms with Crippen molar-refractivity contribution in [2.75, 3.05) is 0 Å². The van der Waals surface area contributed by atoms with Gasteiger partial charge >= 0.3 is 5.69 Å². The fraction of sp³-hybridized carbons (Fsp3) is 0.0769. The number of benzene rings is 1. The van der Waals surface area contributed by atoms with Gasteiger partial charge in [0.15, 0.2) is 5.65 Å². The summed E-state index contributed by atoms with van der Waals surface area (Å²) in [6.07, 6.45) is 1.43. The molecule has 0 aliphatic rings. The van der Waals surface area contributed by atoms with Crippen molar-refractivity contribution in [3.8, 4) is 6.07 Å². The predicted octanol–water partition coefficient (Wildman–Crippen LogP) is 1.57. The Labute approximate surface area is 118 Å². The van der Waals surface area contributed by atoms with Crippen molar-refractivity contribution in [2.24, 2.45) is 0 Å². The van der Waals surface area contributed by atoms with E-state index in [1.165, 1.54) is 22.5 Å². The maximum atomic E-state index is 11.9. The first-order valence-corrected chi connectivity index (χ1v) is 6.64. The van der Waals surface area contributed by atoms with Crippen molar-refractivity contribution in [2.45, 2.75) is 16.5 Å². The molecule has 3 aromatic rings. The first-order valence-electron chi connectivity index (χ1n) is 5.83. The molecule has 1 aromatic carbocycles. The summed E-state index contributed by atoms with van der Waals surface area (Å²) in [7, 11) is 0. The second-order valence-electron chi connectivity index (χ2n) is 3.97. The number of nitriles is 1. The summed E-state index contributed by atoms with van der Waals surface area (Å²) >= 11 is 1.49. The van der Waals surface area contributed by atoms with E-state index in [2.05, 4.69) is 10.1 Å². The van der Waals surface area contributed by atoms with E-state index in [4.69, 9.17) is 5.26 Å². The Bertz CT molecular complexity index is 847. The standard InChI is InChI=1S/C13H9N5OS/c14-6-7-18-13(19)17-9-15-12(8-11(17)16-18)20-10-4-2-1-3-5-10/h1-5,8-9H,7H2. The largest absolute Gasteiger partial charge is 0.352 e. The van der Waals surface area contributed by atoms with E-state index in [9.17, 15) is 4.79 Å². The normalized spacial score (nSPS) is 10.6. The van der Waals surface area contributed by atoms with Crippen LogP contribution in [-0.4, -0.2) is 19.2 Å². The Hall–Kier alpha value is -2.59. The maximum absolute atomic E-state index is 11.9. The lowest BCUT2D eigenvalue weighted by Gasteiger charge is -1.99. The second-order valence-corrected chi connectivity index (χ2v) is 5.06. The molecule has 0 aliphatic carbocycles. The van der Waals surface area contributed by atoms with Gasteiger partial charge in [-0.25, -0.2) is 14.2 Å². The Morgan fingerprint density at radius 3 is 2.85 bits per heavy atom. The summed E-state index contributed by atoms with van der Waals surface area (Å²) < 4.78 is 2.44. The molecule has 0 aliphatic heterocycles. The van der Waals surface area contributed by atoms with Crippen LogP contribution in [0.15, 0.2) is 57.4 Å². The molecule has 7 heteroatoms. The molecule has 0 unspecified atom stereocenters. The molecule has 3 rings (SSSR count). The van der Waals surface area contributed by atoms with Gasteiger partial charge in [0, 0.05) is 11.0 Å². The number of aromatic nitrogens is 4. The van der Waals surface area contributed by atoms with Crippen LogP contribution in [0.1, 0.15) is 0 Å². The molecular weight excluding hydrogens is 274 g/mol. The Kier molecular flexibility index (Phi) is 3.23. The summed E-state index contributed by atoms with van der Waals surface area (Å²) in [4.78, 5) is 17.1. The van der Waals surface area contributed by atoms with E-state index < -0.39 is 0 Å². The van der Waals surface area contributed by atoms with E-state index in [0.717, 1.165) is 14.6 Å². The number of hydrogen-bond donors (Lipinski definition) is 0. The zero-order chi connectivity index (χ0) is 13.9. The molecule has 0 atom stereocenters. The molecule has 0 amide bonds. The van der Waals surface area contributed by atoms with E-state index >= 15 is 0 Å². The van der Waals surface area contributed by atoms with Gasteiger partial charge in [-0.3, -0.25) is 0 Å². The van der Waals surface area contributed by atoms with Crippen LogP contribution in [0.5, 0.6) is 0 Å². The predicted molar refractivity (Wildman–Crippen MR) is 73.4 cm³/mol. The minimum atomic E-state index is -0.356. The minimum Gasteiger partial charge on any atom is -0.245 e. The van der Waals surface area contributed by atoms with Crippen LogP contribution in [0.25, 0.3) is 5.65 Å². The lowest BCUT2D eigenvalue weighted by Crippen LogP contribution is -2.20. The van der Waals surface area contributed by atoms with Gasteiger partial charge in [0.1, 0.15) is 17.9 Å². The molecule has 0 spiro atoms. The highest BCUT2D eigenvalue weighted by Crippen LogP contribution is 2.25. The summed E-state index contributed by atoms with van der Waals surface area (Å²) in [5, 5.41) is 13.5. The number of nitrogens with zero attached hydrogens (tertiary/aromatic N) is 5. The SMILES string of the molecule is N#CCn1nc2cc(Sc3ccccc3)ncn2c1=O. The van der Waals surface area contributed by atoms with Gasteiger partial charge in [0.05, 0.1) is 6.07 Å². The molecule has 0 saturated carbocycles. The Morgan fingerprint density at radius 1 is 1.30 bits per heavy atom. The second kappa shape index (κ2) is 5.19. The van der Waals surface area contributed by atoms with Gasteiger partial charge in [-0.1, -0.05) is 30.0 Å². The van der Waals surface area contributed by atoms with E-state index in [1.54, 1.807) is 6.07 Å². The highest BCUT2D eigenvalue weighted by atomic mass is 32.2.